The summed E-state index contributed by atoms with van der Waals surface area (Å²) in [6.07, 6.45) is 5.14. The molecule has 18 heavy (non-hydrogen) atoms. The van der Waals surface area contributed by atoms with Crippen LogP contribution in [0.1, 0.15) is 42.9 Å². The molecule has 0 unspecified atom stereocenters. The van der Waals surface area contributed by atoms with Gasteiger partial charge in [-0.25, -0.2) is 0 Å². The molecule has 1 saturated carbocycles. The van der Waals surface area contributed by atoms with Crippen LogP contribution in [-0.2, 0) is 0 Å². The first-order chi connectivity index (χ1) is 8.65. The fourth-order valence-electron chi connectivity index (χ4n) is 2.90. The molecule has 0 saturated heterocycles. The number of hydrogen-bond acceptors (Lipinski definition) is 2. The molecule has 0 spiro atoms. The van der Waals surface area contributed by atoms with Gasteiger partial charge in [0.05, 0.1) is 5.52 Å². The third-order valence-corrected chi connectivity index (χ3v) is 4.44. The standard InChI is InChI=1S/C15H17BrN2/c1-9-6-11-13(17)8-14(10-4-2-3-5-10)18-15(11)12(16)7-9/h6-8,10H,2-5H2,1H3,(H2,17,18). The summed E-state index contributed by atoms with van der Waals surface area (Å²) in [7, 11) is 0. The summed E-state index contributed by atoms with van der Waals surface area (Å²) in [5.74, 6) is 0.602. The van der Waals surface area contributed by atoms with E-state index in [-0.39, 0.29) is 0 Å². The maximum atomic E-state index is 6.20. The average Bonchev–Trinajstić information content (AvgIpc) is 2.83. The van der Waals surface area contributed by atoms with E-state index < -0.39 is 0 Å². The first-order valence-corrected chi connectivity index (χ1v) is 7.31. The number of rotatable bonds is 1. The summed E-state index contributed by atoms with van der Waals surface area (Å²) in [5.41, 5.74) is 10.4. The lowest BCUT2D eigenvalue weighted by Gasteiger charge is -2.13. The van der Waals surface area contributed by atoms with Crippen LogP contribution in [-0.4, -0.2) is 4.98 Å². The van der Waals surface area contributed by atoms with Crippen LogP contribution < -0.4 is 5.73 Å². The highest BCUT2D eigenvalue weighted by atomic mass is 79.9. The molecule has 1 aromatic heterocycles. The third-order valence-electron chi connectivity index (χ3n) is 3.84. The lowest BCUT2D eigenvalue weighted by molar-refractivity contribution is 0.701. The minimum Gasteiger partial charge on any atom is -0.398 e. The molecular formula is C15H17BrN2. The minimum absolute atomic E-state index is 0.602. The number of benzene rings is 1. The van der Waals surface area contributed by atoms with E-state index in [0.717, 1.165) is 21.1 Å². The van der Waals surface area contributed by atoms with Crippen LogP contribution in [0.15, 0.2) is 22.7 Å². The Morgan fingerprint density at radius 3 is 2.67 bits per heavy atom. The van der Waals surface area contributed by atoms with Gasteiger partial charge in [0, 0.05) is 27.2 Å². The Morgan fingerprint density at radius 1 is 1.22 bits per heavy atom. The van der Waals surface area contributed by atoms with Gasteiger partial charge in [0.25, 0.3) is 0 Å². The van der Waals surface area contributed by atoms with Crippen molar-refractivity contribution in [3.8, 4) is 0 Å². The fourth-order valence-corrected chi connectivity index (χ4v) is 3.56. The van der Waals surface area contributed by atoms with Crippen LogP contribution in [0.3, 0.4) is 0 Å². The van der Waals surface area contributed by atoms with Crippen molar-refractivity contribution in [2.45, 2.75) is 38.5 Å². The van der Waals surface area contributed by atoms with Gasteiger partial charge in [0.1, 0.15) is 0 Å². The van der Waals surface area contributed by atoms with Gasteiger partial charge in [-0.15, -0.1) is 0 Å². The Kier molecular flexibility index (Phi) is 3.02. The van der Waals surface area contributed by atoms with E-state index in [2.05, 4.69) is 41.1 Å². The number of aryl methyl sites for hydroxylation is 1. The van der Waals surface area contributed by atoms with Crippen LogP contribution in [0.25, 0.3) is 10.9 Å². The molecule has 2 N–H and O–H groups in total. The molecule has 1 aliphatic rings. The summed E-state index contributed by atoms with van der Waals surface area (Å²) in [4.78, 5) is 4.83. The molecule has 0 atom stereocenters. The highest BCUT2D eigenvalue weighted by Gasteiger charge is 2.20. The number of fused-ring (bicyclic) bond motifs is 1. The molecule has 94 valence electrons. The van der Waals surface area contributed by atoms with Crippen molar-refractivity contribution in [2.24, 2.45) is 0 Å². The smallest absolute Gasteiger partial charge is 0.0868 e. The maximum absolute atomic E-state index is 6.20. The second kappa shape index (κ2) is 4.54. The van der Waals surface area contributed by atoms with Gasteiger partial charge in [-0.05, 0) is 59.5 Å². The van der Waals surface area contributed by atoms with E-state index >= 15 is 0 Å². The van der Waals surface area contributed by atoms with Crippen molar-refractivity contribution in [3.05, 3.63) is 33.9 Å². The normalized spacial score (nSPS) is 16.6. The quantitative estimate of drug-likeness (QED) is 0.839. The highest BCUT2D eigenvalue weighted by molar-refractivity contribution is 9.10. The monoisotopic (exact) mass is 304 g/mol. The number of pyridine rings is 1. The molecule has 2 nitrogen and oxygen atoms in total. The summed E-state index contributed by atoms with van der Waals surface area (Å²) < 4.78 is 1.05. The molecule has 0 amide bonds. The van der Waals surface area contributed by atoms with Gasteiger partial charge in [0.2, 0.25) is 0 Å². The third kappa shape index (κ3) is 2.01. The molecule has 0 aliphatic heterocycles. The van der Waals surface area contributed by atoms with Crippen molar-refractivity contribution in [1.82, 2.24) is 4.98 Å². The number of nitrogen functional groups attached to an aromatic ring is 1. The van der Waals surface area contributed by atoms with E-state index in [1.54, 1.807) is 0 Å². The summed E-state index contributed by atoms with van der Waals surface area (Å²) in [6.45, 7) is 2.08. The van der Waals surface area contributed by atoms with Gasteiger partial charge < -0.3 is 5.73 Å². The van der Waals surface area contributed by atoms with E-state index in [9.17, 15) is 0 Å². The van der Waals surface area contributed by atoms with Crippen LogP contribution >= 0.6 is 15.9 Å². The van der Waals surface area contributed by atoms with Crippen molar-refractivity contribution < 1.29 is 0 Å². The zero-order chi connectivity index (χ0) is 12.7. The van der Waals surface area contributed by atoms with E-state index in [1.807, 2.05) is 0 Å². The van der Waals surface area contributed by atoms with Gasteiger partial charge in [-0.2, -0.15) is 0 Å². The topological polar surface area (TPSA) is 38.9 Å². The molecular weight excluding hydrogens is 288 g/mol. The maximum Gasteiger partial charge on any atom is 0.0868 e. The van der Waals surface area contributed by atoms with Crippen LogP contribution in [0, 0.1) is 6.92 Å². The average molecular weight is 305 g/mol. The number of nitrogens with two attached hydrogens (primary N) is 1. The number of anilines is 1. The predicted molar refractivity (Wildman–Crippen MR) is 79.8 cm³/mol. The summed E-state index contributed by atoms with van der Waals surface area (Å²) >= 11 is 3.61. The van der Waals surface area contributed by atoms with E-state index in [1.165, 1.54) is 36.9 Å². The summed E-state index contributed by atoms with van der Waals surface area (Å²) in [6, 6.07) is 6.29. The van der Waals surface area contributed by atoms with Crippen LogP contribution in [0.4, 0.5) is 5.69 Å². The Bertz CT molecular complexity index is 601. The van der Waals surface area contributed by atoms with Gasteiger partial charge in [-0.3, -0.25) is 4.98 Å². The number of halogens is 1. The van der Waals surface area contributed by atoms with Crippen molar-refractivity contribution in [3.63, 3.8) is 0 Å². The molecule has 1 heterocycles. The second-order valence-corrected chi connectivity index (χ2v) is 6.11. The first-order valence-electron chi connectivity index (χ1n) is 6.51. The molecule has 3 rings (SSSR count). The Hall–Kier alpha value is -1.09. The van der Waals surface area contributed by atoms with Crippen molar-refractivity contribution >= 4 is 32.5 Å². The number of hydrogen-bond donors (Lipinski definition) is 1. The largest absolute Gasteiger partial charge is 0.398 e. The minimum atomic E-state index is 0.602. The molecule has 0 radical (unpaired) electrons. The summed E-state index contributed by atoms with van der Waals surface area (Å²) in [5, 5.41) is 1.06. The Morgan fingerprint density at radius 2 is 1.94 bits per heavy atom. The fraction of sp³-hybridized carbons (Fsp3) is 0.400. The Balaban J connectivity index is 2.20. The highest BCUT2D eigenvalue weighted by Crippen LogP contribution is 2.36. The van der Waals surface area contributed by atoms with E-state index in [0.29, 0.717) is 5.92 Å². The zero-order valence-electron chi connectivity index (χ0n) is 10.5. The molecule has 1 aromatic carbocycles. The SMILES string of the molecule is Cc1cc(Br)c2nc(C3CCCC3)cc(N)c2c1. The number of aromatic nitrogens is 1. The number of nitrogens with zero attached hydrogens (tertiary/aromatic N) is 1. The zero-order valence-corrected chi connectivity index (χ0v) is 12.1. The van der Waals surface area contributed by atoms with Crippen molar-refractivity contribution in [1.29, 1.82) is 0 Å². The first kappa shape index (κ1) is 12.0. The molecule has 3 heteroatoms. The lowest BCUT2D eigenvalue weighted by Crippen LogP contribution is -2.00. The van der Waals surface area contributed by atoms with Gasteiger partial charge in [-0.1, -0.05) is 12.8 Å². The van der Waals surface area contributed by atoms with E-state index in [4.69, 9.17) is 10.7 Å². The van der Waals surface area contributed by atoms with Crippen LogP contribution in [0.5, 0.6) is 0 Å². The van der Waals surface area contributed by atoms with Crippen LogP contribution in [0.2, 0.25) is 0 Å². The molecule has 0 bridgehead atoms. The second-order valence-electron chi connectivity index (χ2n) is 5.26. The van der Waals surface area contributed by atoms with Gasteiger partial charge in [0.15, 0.2) is 0 Å². The lowest BCUT2D eigenvalue weighted by atomic mass is 10.0. The Labute approximate surface area is 116 Å². The van der Waals surface area contributed by atoms with Gasteiger partial charge >= 0.3 is 0 Å². The van der Waals surface area contributed by atoms with Crippen molar-refractivity contribution in [2.75, 3.05) is 5.73 Å². The predicted octanol–water partition coefficient (Wildman–Crippen LogP) is 4.55. The molecule has 2 aromatic rings. The molecule has 1 fully saturated rings. The molecule has 1 aliphatic carbocycles.